The molecule has 0 saturated heterocycles. The summed E-state index contributed by atoms with van der Waals surface area (Å²) in [5, 5.41) is 6.52. The van der Waals surface area contributed by atoms with Crippen LogP contribution in [0.5, 0.6) is 0 Å². The first-order chi connectivity index (χ1) is 11.7. The molecule has 1 N–H and O–H groups in total. The van der Waals surface area contributed by atoms with E-state index in [9.17, 15) is 4.79 Å². The van der Waals surface area contributed by atoms with Crippen molar-refractivity contribution < 1.29 is 4.79 Å². The number of carbonyl (C=O) groups is 1. The molecular formula is C18H18ClN3OS. The highest BCUT2D eigenvalue weighted by atomic mass is 35.5. The molecule has 0 spiro atoms. The zero-order chi connectivity index (χ0) is 16.9. The minimum Gasteiger partial charge on any atom is -0.355 e. The van der Waals surface area contributed by atoms with Gasteiger partial charge in [0.2, 0.25) is 5.91 Å². The van der Waals surface area contributed by atoms with Gasteiger partial charge in [-0.15, -0.1) is 11.3 Å². The van der Waals surface area contributed by atoms with Gasteiger partial charge in [-0.25, -0.2) is 4.98 Å². The number of hydrogen-bond donors (Lipinski definition) is 1. The van der Waals surface area contributed by atoms with Crippen molar-refractivity contribution >= 4 is 28.8 Å². The Hall–Kier alpha value is -2.11. The van der Waals surface area contributed by atoms with Crippen LogP contribution >= 0.6 is 22.9 Å². The fourth-order valence-corrected chi connectivity index (χ4v) is 3.36. The Balaban J connectivity index is 1.80. The number of amides is 1. The molecule has 2 heterocycles. The van der Waals surface area contributed by atoms with Crippen molar-refractivity contribution in [3.05, 3.63) is 53.0 Å². The van der Waals surface area contributed by atoms with Crippen LogP contribution in [-0.2, 0) is 11.3 Å². The van der Waals surface area contributed by atoms with E-state index in [0.717, 1.165) is 28.4 Å². The third kappa shape index (κ3) is 3.86. The second-order valence-corrected chi connectivity index (χ2v) is 6.71. The van der Waals surface area contributed by atoms with E-state index in [0.29, 0.717) is 18.1 Å². The Morgan fingerprint density at radius 1 is 1.29 bits per heavy atom. The van der Waals surface area contributed by atoms with E-state index in [-0.39, 0.29) is 5.91 Å². The van der Waals surface area contributed by atoms with Crippen molar-refractivity contribution in [3.63, 3.8) is 0 Å². The molecule has 0 fully saturated rings. The van der Waals surface area contributed by atoms with E-state index in [1.807, 2.05) is 59.5 Å². The van der Waals surface area contributed by atoms with E-state index in [2.05, 4.69) is 5.32 Å². The van der Waals surface area contributed by atoms with Gasteiger partial charge in [0.15, 0.2) is 0 Å². The largest absolute Gasteiger partial charge is 0.355 e. The highest BCUT2D eigenvalue weighted by molar-refractivity contribution is 7.13. The van der Waals surface area contributed by atoms with Crippen LogP contribution in [0.25, 0.3) is 22.0 Å². The molecule has 0 aliphatic heterocycles. The number of aromatic nitrogens is 2. The molecule has 24 heavy (non-hydrogen) atoms. The van der Waals surface area contributed by atoms with Crippen LogP contribution in [0.2, 0.25) is 5.02 Å². The van der Waals surface area contributed by atoms with Crippen LogP contribution in [0.1, 0.15) is 13.3 Å². The molecule has 0 radical (unpaired) electrons. The summed E-state index contributed by atoms with van der Waals surface area (Å²) >= 11 is 7.50. The van der Waals surface area contributed by atoms with Gasteiger partial charge in [0.25, 0.3) is 0 Å². The summed E-state index contributed by atoms with van der Waals surface area (Å²) in [6.45, 7) is 3.04. The third-order valence-electron chi connectivity index (χ3n) is 3.58. The van der Waals surface area contributed by atoms with E-state index in [1.165, 1.54) is 0 Å². The van der Waals surface area contributed by atoms with Crippen LogP contribution < -0.4 is 5.32 Å². The number of thiazole rings is 1. The predicted octanol–water partition coefficient (Wildman–Crippen LogP) is 4.46. The van der Waals surface area contributed by atoms with Crippen molar-refractivity contribution in [2.75, 3.05) is 6.54 Å². The second-order valence-electron chi connectivity index (χ2n) is 5.42. The minimum atomic E-state index is 0.0174. The average molecular weight is 360 g/mol. The predicted molar refractivity (Wildman–Crippen MR) is 99.3 cm³/mol. The molecule has 6 heteroatoms. The summed E-state index contributed by atoms with van der Waals surface area (Å²) in [7, 11) is 0. The zero-order valence-electron chi connectivity index (χ0n) is 13.3. The lowest BCUT2D eigenvalue weighted by molar-refractivity contribution is -0.121. The smallest absolute Gasteiger partial charge is 0.239 e. The first-order valence-electron chi connectivity index (χ1n) is 7.81. The van der Waals surface area contributed by atoms with Crippen molar-refractivity contribution in [1.82, 2.24) is 14.9 Å². The highest BCUT2D eigenvalue weighted by Gasteiger charge is 2.12. The Morgan fingerprint density at radius 2 is 2.08 bits per heavy atom. The summed E-state index contributed by atoms with van der Waals surface area (Å²) in [6.07, 6.45) is 2.84. The molecule has 0 unspecified atom stereocenters. The topological polar surface area (TPSA) is 46.9 Å². The van der Waals surface area contributed by atoms with Gasteiger partial charge in [-0.3, -0.25) is 4.79 Å². The van der Waals surface area contributed by atoms with Gasteiger partial charge in [0.1, 0.15) is 11.6 Å². The van der Waals surface area contributed by atoms with Gasteiger partial charge in [-0.05, 0) is 30.7 Å². The summed E-state index contributed by atoms with van der Waals surface area (Å²) < 4.78 is 1.93. The summed E-state index contributed by atoms with van der Waals surface area (Å²) in [5.74, 6) is 0.0174. The maximum absolute atomic E-state index is 11.9. The number of nitrogens with one attached hydrogen (secondary N) is 1. The quantitative estimate of drug-likeness (QED) is 0.706. The molecular weight excluding hydrogens is 342 g/mol. The van der Waals surface area contributed by atoms with Gasteiger partial charge in [0, 0.05) is 28.7 Å². The lowest BCUT2D eigenvalue weighted by Crippen LogP contribution is -2.28. The maximum atomic E-state index is 11.9. The monoisotopic (exact) mass is 359 g/mol. The molecule has 3 rings (SSSR count). The molecule has 0 bridgehead atoms. The first kappa shape index (κ1) is 16.7. The molecule has 0 saturated carbocycles. The Morgan fingerprint density at radius 3 is 2.83 bits per heavy atom. The molecule has 2 aromatic heterocycles. The van der Waals surface area contributed by atoms with Crippen molar-refractivity contribution in [2.24, 2.45) is 0 Å². The van der Waals surface area contributed by atoms with Crippen LogP contribution in [0, 0.1) is 0 Å². The van der Waals surface area contributed by atoms with Gasteiger partial charge in [-0.1, -0.05) is 30.7 Å². The molecule has 0 aliphatic rings. The van der Waals surface area contributed by atoms with E-state index < -0.39 is 0 Å². The van der Waals surface area contributed by atoms with Crippen LogP contribution in [0.15, 0.2) is 48.0 Å². The standard InChI is InChI=1S/C18H18ClN3OS/c1-2-9-20-17(23)11-22-10-3-4-16(22)18-21-15(12-24-18)13-5-7-14(19)8-6-13/h3-8,10,12H,2,9,11H2,1H3,(H,20,23). The third-order valence-corrected chi connectivity index (χ3v) is 4.70. The number of rotatable bonds is 6. The molecule has 0 atom stereocenters. The summed E-state index contributed by atoms with van der Waals surface area (Å²) in [5.41, 5.74) is 2.89. The SMILES string of the molecule is CCCNC(=O)Cn1cccc1-c1nc(-c2ccc(Cl)cc2)cs1. The zero-order valence-corrected chi connectivity index (χ0v) is 14.9. The molecule has 1 amide bonds. The molecule has 4 nitrogen and oxygen atoms in total. The summed E-state index contributed by atoms with van der Waals surface area (Å²) in [4.78, 5) is 16.7. The molecule has 124 valence electrons. The Labute approximate surface area is 150 Å². The van der Waals surface area contributed by atoms with Gasteiger partial charge < -0.3 is 9.88 Å². The van der Waals surface area contributed by atoms with Crippen LogP contribution in [0.4, 0.5) is 0 Å². The Kier molecular flexibility index (Phi) is 5.33. The summed E-state index contributed by atoms with van der Waals surface area (Å²) in [6, 6.07) is 11.5. The minimum absolute atomic E-state index is 0.0174. The lowest BCUT2D eigenvalue weighted by Gasteiger charge is -2.07. The first-order valence-corrected chi connectivity index (χ1v) is 9.07. The molecule has 0 aliphatic carbocycles. The highest BCUT2D eigenvalue weighted by Crippen LogP contribution is 2.29. The van der Waals surface area contributed by atoms with E-state index >= 15 is 0 Å². The fraction of sp³-hybridized carbons (Fsp3) is 0.222. The lowest BCUT2D eigenvalue weighted by atomic mass is 10.2. The fourth-order valence-electron chi connectivity index (χ4n) is 2.37. The average Bonchev–Trinajstić information content (AvgIpc) is 3.22. The Bertz CT molecular complexity index is 823. The van der Waals surface area contributed by atoms with Crippen molar-refractivity contribution in [3.8, 4) is 22.0 Å². The normalized spacial score (nSPS) is 10.8. The number of nitrogens with zero attached hydrogens (tertiary/aromatic N) is 2. The number of carbonyl (C=O) groups excluding carboxylic acids is 1. The van der Waals surface area contributed by atoms with Gasteiger partial charge in [0.05, 0.1) is 11.4 Å². The van der Waals surface area contributed by atoms with Crippen molar-refractivity contribution in [1.29, 1.82) is 0 Å². The van der Waals surface area contributed by atoms with Crippen molar-refractivity contribution in [2.45, 2.75) is 19.9 Å². The number of halogens is 1. The number of benzene rings is 1. The second kappa shape index (κ2) is 7.64. The van der Waals surface area contributed by atoms with E-state index in [4.69, 9.17) is 16.6 Å². The van der Waals surface area contributed by atoms with E-state index in [1.54, 1.807) is 11.3 Å². The van der Waals surface area contributed by atoms with Gasteiger partial charge in [-0.2, -0.15) is 0 Å². The molecule has 3 aromatic rings. The maximum Gasteiger partial charge on any atom is 0.239 e. The van der Waals surface area contributed by atoms with Crippen LogP contribution in [-0.4, -0.2) is 22.0 Å². The van der Waals surface area contributed by atoms with Gasteiger partial charge >= 0.3 is 0 Å². The molecule has 1 aromatic carbocycles. The van der Waals surface area contributed by atoms with Crippen LogP contribution in [0.3, 0.4) is 0 Å². The number of hydrogen-bond acceptors (Lipinski definition) is 3.